The Bertz CT molecular complexity index is 950. The van der Waals surface area contributed by atoms with E-state index in [0.717, 1.165) is 12.0 Å². The fraction of sp³-hybridized carbons (Fsp3) is 0.350. The van der Waals surface area contributed by atoms with Crippen molar-refractivity contribution in [1.82, 2.24) is 4.98 Å². The number of aliphatic imine (C=N–C) groups is 1. The van der Waals surface area contributed by atoms with Crippen LogP contribution in [0.1, 0.15) is 41.9 Å². The van der Waals surface area contributed by atoms with Crippen LogP contribution in [0.25, 0.3) is 11.6 Å². The number of carboxylic acids is 1. The standard InChI is InChI=1S/C20H21N3O4/c1-11-6-12(2)10-23(9-11)19-16(20(25)26)17(24)15(27-19)7-13-8-22-18-14(13)4-3-5-21-18/h3-5,7-8,11-12,24H,6,9-10H2,1-2H3,(H,25,26)/t11-,12+. The molecule has 0 aliphatic carbocycles. The lowest BCUT2D eigenvalue weighted by atomic mass is 9.92. The van der Waals surface area contributed by atoms with Gasteiger partial charge in [0.05, 0.1) is 0 Å². The van der Waals surface area contributed by atoms with E-state index < -0.39 is 5.97 Å². The first-order valence-corrected chi connectivity index (χ1v) is 8.99. The molecule has 4 rings (SSSR count). The summed E-state index contributed by atoms with van der Waals surface area (Å²) in [5.74, 6) is 0.199. The monoisotopic (exact) mass is 367 g/mol. The van der Waals surface area contributed by atoms with Gasteiger partial charge in [0, 0.05) is 36.6 Å². The predicted molar refractivity (Wildman–Crippen MR) is 103 cm³/mol. The number of allylic oxidation sites excluding steroid dienone is 1. The van der Waals surface area contributed by atoms with Crippen molar-refractivity contribution in [1.29, 1.82) is 0 Å². The van der Waals surface area contributed by atoms with Gasteiger partial charge in [-0.25, -0.2) is 14.8 Å². The molecule has 0 unspecified atom stereocenters. The normalized spacial score (nSPS) is 23.0. The molecule has 2 aliphatic heterocycles. The molecule has 0 spiro atoms. The van der Waals surface area contributed by atoms with Gasteiger partial charge < -0.3 is 19.5 Å². The summed E-state index contributed by atoms with van der Waals surface area (Å²) in [6.45, 7) is 5.66. The second-order valence-electron chi connectivity index (χ2n) is 7.38. The Labute approximate surface area is 156 Å². The molecule has 2 aromatic rings. The van der Waals surface area contributed by atoms with Gasteiger partial charge in [-0.15, -0.1) is 0 Å². The maximum atomic E-state index is 11.8. The molecule has 2 aliphatic rings. The fourth-order valence-corrected chi connectivity index (χ4v) is 3.95. The maximum absolute atomic E-state index is 11.8. The summed E-state index contributed by atoms with van der Waals surface area (Å²) < 4.78 is 5.86. The van der Waals surface area contributed by atoms with Crippen molar-refractivity contribution in [2.45, 2.75) is 20.3 Å². The highest BCUT2D eigenvalue weighted by molar-refractivity contribution is 6.21. The number of aromatic hydroxyl groups is 1. The maximum Gasteiger partial charge on any atom is 0.345 e. The van der Waals surface area contributed by atoms with Gasteiger partial charge in [0.2, 0.25) is 5.88 Å². The van der Waals surface area contributed by atoms with Crippen LogP contribution in [0.5, 0.6) is 5.75 Å². The summed E-state index contributed by atoms with van der Waals surface area (Å²) in [4.78, 5) is 22.1. The molecule has 4 heterocycles. The number of carbonyl (C=O) groups is 1. The molecule has 140 valence electrons. The Hall–Kier alpha value is -3.09. The van der Waals surface area contributed by atoms with Crippen molar-refractivity contribution >= 4 is 35.5 Å². The Morgan fingerprint density at radius 3 is 2.78 bits per heavy atom. The number of pyridine rings is 1. The first-order valence-electron chi connectivity index (χ1n) is 8.99. The third kappa shape index (κ3) is 3.09. The lowest BCUT2D eigenvalue weighted by molar-refractivity contribution is 0.0694. The van der Waals surface area contributed by atoms with Gasteiger partial charge >= 0.3 is 5.97 Å². The zero-order valence-electron chi connectivity index (χ0n) is 15.2. The molecule has 27 heavy (non-hydrogen) atoms. The number of carboxylic acid groups (broad SMARTS) is 1. The summed E-state index contributed by atoms with van der Waals surface area (Å²) in [5.41, 5.74) is 1.34. The van der Waals surface area contributed by atoms with Gasteiger partial charge in [0.25, 0.3) is 0 Å². The zero-order valence-corrected chi connectivity index (χ0v) is 15.2. The van der Waals surface area contributed by atoms with Crippen molar-refractivity contribution in [3.63, 3.8) is 0 Å². The highest BCUT2D eigenvalue weighted by atomic mass is 16.4. The van der Waals surface area contributed by atoms with Crippen LogP contribution in [-0.4, -0.2) is 40.5 Å². The molecule has 1 fully saturated rings. The molecule has 1 saturated heterocycles. The highest BCUT2D eigenvalue weighted by Crippen LogP contribution is 2.40. The Balaban J connectivity index is 1.77. The Morgan fingerprint density at radius 1 is 1.33 bits per heavy atom. The molecule has 7 heteroatoms. The number of piperidine rings is 1. The number of rotatable bonds is 3. The number of aromatic carboxylic acids is 1. The minimum absolute atomic E-state index is 0.117. The number of hydrogen-bond acceptors (Lipinski definition) is 6. The Morgan fingerprint density at radius 2 is 2.07 bits per heavy atom. The molecule has 0 aromatic carbocycles. The van der Waals surface area contributed by atoms with E-state index in [1.807, 2.05) is 11.0 Å². The van der Waals surface area contributed by atoms with Crippen molar-refractivity contribution < 1.29 is 19.4 Å². The first kappa shape index (κ1) is 17.3. The minimum atomic E-state index is -1.20. The van der Waals surface area contributed by atoms with Crippen LogP contribution in [0.3, 0.4) is 0 Å². The molecule has 7 nitrogen and oxygen atoms in total. The van der Waals surface area contributed by atoms with E-state index in [1.54, 1.807) is 24.6 Å². The summed E-state index contributed by atoms with van der Waals surface area (Å²) in [5, 5.41) is 20.2. The summed E-state index contributed by atoms with van der Waals surface area (Å²) in [7, 11) is 0. The number of nitrogens with zero attached hydrogens (tertiary/aromatic N) is 3. The van der Waals surface area contributed by atoms with E-state index in [4.69, 9.17) is 4.42 Å². The zero-order chi connectivity index (χ0) is 19.1. The van der Waals surface area contributed by atoms with E-state index in [-0.39, 0.29) is 23.0 Å². The third-order valence-electron chi connectivity index (χ3n) is 4.97. The molecule has 0 saturated carbocycles. The molecular formula is C20H21N3O4. The summed E-state index contributed by atoms with van der Waals surface area (Å²) in [6.07, 6.45) is 5.98. The van der Waals surface area contributed by atoms with Crippen LogP contribution >= 0.6 is 0 Å². The van der Waals surface area contributed by atoms with E-state index in [0.29, 0.717) is 36.3 Å². The molecular weight excluding hydrogens is 346 g/mol. The van der Waals surface area contributed by atoms with Crippen molar-refractivity contribution in [2.24, 2.45) is 16.8 Å². The smallest absolute Gasteiger partial charge is 0.345 e. The minimum Gasteiger partial charge on any atom is -0.504 e. The van der Waals surface area contributed by atoms with Gasteiger partial charge in [-0.05, 0) is 36.5 Å². The van der Waals surface area contributed by atoms with Crippen LogP contribution < -0.4 is 4.90 Å². The van der Waals surface area contributed by atoms with E-state index in [1.165, 1.54) is 0 Å². The van der Waals surface area contributed by atoms with Crippen LogP contribution in [0.4, 0.5) is 11.7 Å². The number of hydrogen-bond donors (Lipinski definition) is 2. The van der Waals surface area contributed by atoms with Gasteiger partial charge in [0.15, 0.2) is 22.9 Å². The van der Waals surface area contributed by atoms with Crippen molar-refractivity contribution in [3.05, 3.63) is 35.2 Å². The number of aromatic nitrogens is 1. The molecule has 0 bridgehead atoms. The number of anilines is 1. The largest absolute Gasteiger partial charge is 0.504 e. The van der Waals surface area contributed by atoms with Crippen LogP contribution in [0, 0.1) is 11.8 Å². The van der Waals surface area contributed by atoms with Gasteiger partial charge in [0.1, 0.15) is 0 Å². The fourth-order valence-electron chi connectivity index (χ4n) is 3.95. The molecule has 0 radical (unpaired) electrons. The lowest BCUT2D eigenvalue weighted by Crippen LogP contribution is -2.39. The van der Waals surface area contributed by atoms with Gasteiger partial charge in [-0.3, -0.25) is 0 Å². The highest BCUT2D eigenvalue weighted by Gasteiger charge is 2.32. The summed E-state index contributed by atoms with van der Waals surface area (Å²) >= 11 is 0. The average Bonchev–Trinajstić information content (AvgIpc) is 3.16. The third-order valence-corrected chi connectivity index (χ3v) is 4.97. The second kappa shape index (κ2) is 6.57. The molecule has 0 amide bonds. The Kier molecular flexibility index (Phi) is 4.22. The quantitative estimate of drug-likeness (QED) is 0.856. The van der Waals surface area contributed by atoms with E-state index >= 15 is 0 Å². The molecule has 2 atom stereocenters. The molecule has 2 aromatic heterocycles. The topological polar surface area (TPSA) is 99.2 Å². The average molecular weight is 367 g/mol. The number of fused-ring (bicyclic) bond motifs is 1. The summed E-state index contributed by atoms with van der Waals surface area (Å²) in [6, 6.07) is 3.67. The molecule has 2 N–H and O–H groups in total. The van der Waals surface area contributed by atoms with Crippen molar-refractivity contribution in [2.75, 3.05) is 18.0 Å². The van der Waals surface area contributed by atoms with E-state index in [9.17, 15) is 15.0 Å². The van der Waals surface area contributed by atoms with Crippen LogP contribution in [-0.2, 0) is 0 Å². The van der Waals surface area contributed by atoms with Crippen LogP contribution in [0.15, 0.2) is 27.7 Å². The van der Waals surface area contributed by atoms with Gasteiger partial charge in [-0.2, -0.15) is 0 Å². The SMILES string of the molecule is C[C@@H]1C[C@H](C)CN(c2oc(C=C3C=Nc4ncccc43)c(O)c2C(=O)O)C1. The predicted octanol–water partition coefficient (Wildman–Crippen LogP) is 3.82. The van der Waals surface area contributed by atoms with Gasteiger partial charge in [-0.1, -0.05) is 13.8 Å². The van der Waals surface area contributed by atoms with E-state index in [2.05, 4.69) is 23.8 Å². The first-order chi connectivity index (χ1) is 12.9. The number of furan rings is 1. The van der Waals surface area contributed by atoms with Crippen molar-refractivity contribution in [3.8, 4) is 5.75 Å². The lowest BCUT2D eigenvalue weighted by Gasteiger charge is -2.35. The van der Waals surface area contributed by atoms with Crippen LogP contribution in [0.2, 0.25) is 0 Å². The second-order valence-corrected chi connectivity index (χ2v) is 7.38.